The summed E-state index contributed by atoms with van der Waals surface area (Å²) < 4.78 is 34.5. The number of rotatable bonds is 43. The third-order valence-electron chi connectivity index (χ3n) is 10.2. The fourth-order valence-corrected chi connectivity index (χ4v) is 7.34. The fraction of sp³-hybridized carbons (Fsp3) is 0.977. The maximum atomic E-state index is 12.6. The van der Waals surface area contributed by atoms with Crippen LogP contribution < -0.4 is 4.89 Å². The van der Waals surface area contributed by atoms with Gasteiger partial charge in [-0.05, 0) is 12.8 Å². The number of phosphoric ester groups is 1. The molecule has 0 aliphatic rings. The van der Waals surface area contributed by atoms with E-state index in [2.05, 4.69) is 13.8 Å². The average molecular weight is 776 g/mol. The van der Waals surface area contributed by atoms with E-state index < -0.39 is 13.9 Å². The molecule has 0 spiro atoms. The second-order valence-electron chi connectivity index (χ2n) is 16.8. The van der Waals surface area contributed by atoms with Gasteiger partial charge in [0.2, 0.25) is 0 Å². The molecule has 9 heteroatoms. The molecule has 0 aromatic heterocycles. The van der Waals surface area contributed by atoms with Crippen LogP contribution in [0.25, 0.3) is 0 Å². The Morgan fingerprint density at radius 2 is 0.868 bits per heavy atom. The monoisotopic (exact) mass is 776 g/mol. The lowest BCUT2D eigenvalue weighted by molar-refractivity contribution is -0.870. The van der Waals surface area contributed by atoms with Crippen LogP contribution in [0.1, 0.15) is 219 Å². The van der Waals surface area contributed by atoms with Gasteiger partial charge in [-0.15, -0.1) is 0 Å². The van der Waals surface area contributed by atoms with Crippen LogP contribution in [0.5, 0.6) is 0 Å². The Hall–Kier alpha value is -0.500. The molecule has 0 aromatic carbocycles. The Bertz CT molecular complexity index is 822. The van der Waals surface area contributed by atoms with Gasteiger partial charge in [-0.2, -0.15) is 0 Å². The van der Waals surface area contributed by atoms with E-state index in [0.29, 0.717) is 24.1 Å². The van der Waals surface area contributed by atoms with Crippen molar-refractivity contribution >= 4 is 13.8 Å². The van der Waals surface area contributed by atoms with Gasteiger partial charge in [0.05, 0.1) is 34.4 Å². The number of carbonyl (C=O) groups is 1. The smallest absolute Gasteiger partial charge is 0.306 e. The van der Waals surface area contributed by atoms with Crippen molar-refractivity contribution in [3.63, 3.8) is 0 Å². The van der Waals surface area contributed by atoms with Crippen molar-refractivity contribution < 1.29 is 37.3 Å². The van der Waals surface area contributed by atoms with Crippen LogP contribution in [0.4, 0.5) is 0 Å². The van der Waals surface area contributed by atoms with Crippen molar-refractivity contribution in [2.24, 2.45) is 0 Å². The Labute approximate surface area is 329 Å². The zero-order chi connectivity index (χ0) is 39.1. The van der Waals surface area contributed by atoms with Crippen LogP contribution in [0.3, 0.4) is 0 Å². The van der Waals surface area contributed by atoms with E-state index in [4.69, 9.17) is 18.5 Å². The molecule has 0 amide bonds. The van der Waals surface area contributed by atoms with Crippen LogP contribution in [0.2, 0.25) is 0 Å². The largest absolute Gasteiger partial charge is 0.756 e. The molecule has 0 radical (unpaired) electrons. The van der Waals surface area contributed by atoms with E-state index in [-0.39, 0.29) is 25.8 Å². The first-order valence-electron chi connectivity index (χ1n) is 22.8. The lowest BCUT2D eigenvalue weighted by atomic mass is 10.0. The molecule has 2 atom stereocenters. The van der Waals surface area contributed by atoms with Crippen molar-refractivity contribution in [3.05, 3.63) is 0 Å². The van der Waals surface area contributed by atoms with Crippen molar-refractivity contribution in [1.29, 1.82) is 0 Å². The van der Waals surface area contributed by atoms with Gasteiger partial charge in [0, 0.05) is 13.0 Å². The molecule has 0 N–H and O–H groups in total. The van der Waals surface area contributed by atoms with E-state index in [1.54, 1.807) is 0 Å². The number of phosphoric acid groups is 1. The number of likely N-dealkylation sites (N-methyl/N-ethyl adjacent to an activating group) is 1. The lowest BCUT2D eigenvalue weighted by Crippen LogP contribution is -2.37. The normalized spacial score (nSPS) is 13.7. The number of esters is 1. The summed E-state index contributed by atoms with van der Waals surface area (Å²) in [6, 6.07) is 0. The lowest BCUT2D eigenvalue weighted by Gasteiger charge is -2.28. The van der Waals surface area contributed by atoms with Gasteiger partial charge >= 0.3 is 5.97 Å². The van der Waals surface area contributed by atoms with Crippen molar-refractivity contribution in [2.45, 2.75) is 225 Å². The second-order valence-corrected chi connectivity index (χ2v) is 18.2. The summed E-state index contributed by atoms with van der Waals surface area (Å²) in [5, 5.41) is 0. The van der Waals surface area contributed by atoms with Crippen LogP contribution in [0.15, 0.2) is 0 Å². The highest BCUT2D eigenvalue weighted by Gasteiger charge is 2.20. The topological polar surface area (TPSA) is 94.1 Å². The molecule has 0 heterocycles. The highest BCUT2D eigenvalue weighted by Crippen LogP contribution is 2.38. The molecule has 8 nitrogen and oxygen atoms in total. The Kier molecular flexibility index (Phi) is 38.0. The molecule has 53 heavy (non-hydrogen) atoms. The summed E-state index contributed by atoms with van der Waals surface area (Å²) in [5.74, 6) is -0.334. The van der Waals surface area contributed by atoms with E-state index in [1.165, 1.54) is 167 Å². The molecule has 0 fully saturated rings. The number of quaternary nitrogens is 1. The maximum Gasteiger partial charge on any atom is 0.306 e. The summed E-state index contributed by atoms with van der Waals surface area (Å²) in [4.78, 5) is 24.9. The molecule has 0 saturated carbocycles. The SMILES string of the molecule is CCCCCCCCCCCCCCCCCCCCCCCCCOCC(COP(=O)([O-])OCC[N+](C)(C)C)OC(=O)CCCCCCCCCC. The number of unbranched alkanes of at least 4 members (excludes halogenated alkanes) is 29. The van der Waals surface area contributed by atoms with E-state index >= 15 is 0 Å². The number of nitrogens with zero attached hydrogens (tertiary/aromatic N) is 1. The number of ether oxygens (including phenoxy) is 2. The quantitative estimate of drug-likeness (QED) is 0.0263. The molecule has 318 valence electrons. The summed E-state index contributed by atoms with van der Waals surface area (Å²) in [6.45, 7) is 5.43. The van der Waals surface area contributed by atoms with Crippen LogP contribution in [-0.2, 0) is 27.9 Å². The third-order valence-corrected chi connectivity index (χ3v) is 11.1. The molecule has 0 aromatic rings. The number of hydrogen-bond acceptors (Lipinski definition) is 7. The van der Waals surface area contributed by atoms with Gasteiger partial charge in [0.15, 0.2) is 0 Å². The summed E-state index contributed by atoms with van der Waals surface area (Å²) >= 11 is 0. The minimum Gasteiger partial charge on any atom is -0.756 e. The molecule has 0 aliphatic carbocycles. The van der Waals surface area contributed by atoms with Crippen LogP contribution in [-0.4, -0.2) is 70.7 Å². The minimum absolute atomic E-state index is 0.0310. The zero-order valence-corrected chi connectivity index (χ0v) is 36.9. The zero-order valence-electron chi connectivity index (χ0n) is 36.0. The van der Waals surface area contributed by atoms with Crippen LogP contribution in [0, 0.1) is 0 Å². The molecule has 0 bridgehead atoms. The molecular weight excluding hydrogens is 685 g/mol. The standard InChI is InChI=1S/C44H90NO7P/c1-6-8-10-12-14-16-17-18-19-20-21-22-23-24-25-26-27-28-29-30-32-34-36-39-49-41-43(42-51-53(47,48)50-40-38-45(3,4)5)52-44(46)37-35-33-31-15-13-11-9-7-2/h43H,6-42H2,1-5H3. The molecule has 2 unspecified atom stereocenters. The van der Waals surface area contributed by atoms with Gasteiger partial charge < -0.3 is 27.9 Å². The Morgan fingerprint density at radius 1 is 0.509 bits per heavy atom. The summed E-state index contributed by atoms with van der Waals surface area (Å²) in [7, 11) is 1.37. The molecule has 0 rings (SSSR count). The van der Waals surface area contributed by atoms with E-state index in [0.717, 1.165) is 32.1 Å². The Morgan fingerprint density at radius 3 is 1.25 bits per heavy atom. The van der Waals surface area contributed by atoms with Crippen molar-refractivity contribution in [2.75, 3.05) is 54.1 Å². The first-order valence-corrected chi connectivity index (χ1v) is 24.2. The van der Waals surface area contributed by atoms with Crippen molar-refractivity contribution in [1.82, 2.24) is 0 Å². The van der Waals surface area contributed by atoms with E-state index in [1.807, 2.05) is 21.1 Å². The van der Waals surface area contributed by atoms with Crippen LogP contribution >= 0.6 is 7.82 Å². The first kappa shape index (κ1) is 52.5. The first-order chi connectivity index (χ1) is 25.6. The summed E-state index contributed by atoms with van der Waals surface area (Å²) in [5.41, 5.74) is 0. The predicted octanol–water partition coefficient (Wildman–Crippen LogP) is 12.6. The highest BCUT2D eigenvalue weighted by atomic mass is 31.2. The highest BCUT2D eigenvalue weighted by molar-refractivity contribution is 7.45. The molecule has 0 saturated heterocycles. The van der Waals surface area contributed by atoms with Gasteiger partial charge in [0.1, 0.15) is 19.3 Å². The van der Waals surface area contributed by atoms with E-state index in [9.17, 15) is 14.3 Å². The van der Waals surface area contributed by atoms with Gasteiger partial charge in [-0.1, -0.05) is 200 Å². The Balaban J connectivity index is 3.96. The van der Waals surface area contributed by atoms with Gasteiger partial charge in [0.25, 0.3) is 7.82 Å². The maximum absolute atomic E-state index is 12.6. The van der Waals surface area contributed by atoms with Gasteiger partial charge in [-0.3, -0.25) is 9.36 Å². The average Bonchev–Trinajstić information content (AvgIpc) is 3.11. The molecule has 0 aliphatic heterocycles. The van der Waals surface area contributed by atoms with Gasteiger partial charge in [-0.25, -0.2) is 0 Å². The predicted molar refractivity (Wildman–Crippen MR) is 222 cm³/mol. The minimum atomic E-state index is -4.51. The van der Waals surface area contributed by atoms with Crippen molar-refractivity contribution in [3.8, 4) is 0 Å². The number of carbonyl (C=O) groups excluding carboxylic acids is 1. The fourth-order valence-electron chi connectivity index (χ4n) is 6.61. The third kappa shape index (κ3) is 42.5. The molecular formula is C44H90NO7P. The second kappa shape index (κ2) is 38.4. The summed E-state index contributed by atoms with van der Waals surface area (Å²) in [6.07, 6.45) is 40.0. The number of hydrogen-bond donors (Lipinski definition) is 0.